The van der Waals surface area contributed by atoms with E-state index >= 15 is 0 Å². The third-order valence-corrected chi connectivity index (χ3v) is 4.28. The number of hydrogen-bond donors (Lipinski definition) is 2. The van der Waals surface area contributed by atoms with Gasteiger partial charge in [-0.3, -0.25) is 4.79 Å². The molecule has 0 fully saturated rings. The fraction of sp³-hybridized carbons (Fsp3) is 0.0476. The van der Waals surface area contributed by atoms with Gasteiger partial charge in [0.05, 0.1) is 6.21 Å². The minimum atomic E-state index is -0.291. The maximum Gasteiger partial charge on any atom is 0.271 e. The standard InChI is InChI=1S/C21H18BrN3O2/c22-18-7-1-16(2-8-18)14-27-20-11-3-15(4-12-20)13-24-25-21(26)17-5-9-19(23)10-6-17/h1-13H,14,23H2,(H,25,26)/b24-13-. The van der Waals surface area contributed by atoms with Crippen molar-refractivity contribution in [2.45, 2.75) is 6.61 Å². The van der Waals surface area contributed by atoms with Gasteiger partial charge in [0.1, 0.15) is 12.4 Å². The zero-order chi connectivity index (χ0) is 19.1. The van der Waals surface area contributed by atoms with Crippen LogP contribution in [0.2, 0.25) is 0 Å². The fourth-order valence-corrected chi connectivity index (χ4v) is 2.53. The van der Waals surface area contributed by atoms with Crippen molar-refractivity contribution in [2.24, 2.45) is 5.10 Å². The van der Waals surface area contributed by atoms with E-state index in [0.29, 0.717) is 17.9 Å². The van der Waals surface area contributed by atoms with Gasteiger partial charge >= 0.3 is 0 Å². The molecule has 0 aliphatic carbocycles. The van der Waals surface area contributed by atoms with Crippen LogP contribution >= 0.6 is 15.9 Å². The lowest BCUT2D eigenvalue weighted by molar-refractivity contribution is 0.0955. The first-order chi connectivity index (χ1) is 13.1. The predicted octanol–water partition coefficient (Wildman–Crippen LogP) is 4.37. The van der Waals surface area contributed by atoms with Gasteiger partial charge in [-0.1, -0.05) is 28.1 Å². The van der Waals surface area contributed by atoms with Crippen LogP contribution in [-0.4, -0.2) is 12.1 Å². The molecule has 0 unspecified atom stereocenters. The number of nitrogens with zero attached hydrogens (tertiary/aromatic N) is 1. The van der Waals surface area contributed by atoms with E-state index in [4.69, 9.17) is 10.5 Å². The van der Waals surface area contributed by atoms with E-state index in [9.17, 15) is 4.79 Å². The second-order valence-electron chi connectivity index (χ2n) is 5.81. The van der Waals surface area contributed by atoms with E-state index in [1.54, 1.807) is 30.5 Å². The highest BCUT2D eigenvalue weighted by Crippen LogP contribution is 2.15. The molecule has 0 atom stereocenters. The lowest BCUT2D eigenvalue weighted by Crippen LogP contribution is -2.17. The van der Waals surface area contributed by atoms with Crippen molar-refractivity contribution in [3.8, 4) is 5.75 Å². The molecule has 0 aliphatic rings. The summed E-state index contributed by atoms with van der Waals surface area (Å²) in [5.41, 5.74) is 11.1. The van der Waals surface area contributed by atoms with Crippen molar-refractivity contribution in [2.75, 3.05) is 5.73 Å². The number of benzene rings is 3. The molecule has 0 bridgehead atoms. The molecule has 0 spiro atoms. The maximum atomic E-state index is 12.0. The van der Waals surface area contributed by atoms with Crippen LogP contribution in [0.25, 0.3) is 0 Å². The van der Waals surface area contributed by atoms with Crippen molar-refractivity contribution in [3.05, 3.63) is 94.0 Å². The van der Waals surface area contributed by atoms with E-state index in [1.807, 2.05) is 48.5 Å². The molecule has 136 valence electrons. The number of nitrogens with two attached hydrogens (primary N) is 1. The number of carbonyl (C=O) groups is 1. The first-order valence-corrected chi connectivity index (χ1v) is 9.06. The molecule has 1 amide bonds. The van der Waals surface area contributed by atoms with Crippen LogP contribution in [0.5, 0.6) is 5.75 Å². The van der Waals surface area contributed by atoms with Gasteiger partial charge in [-0.05, 0) is 71.8 Å². The number of hydrogen-bond acceptors (Lipinski definition) is 4. The highest BCUT2D eigenvalue weighted by atomic mass is 79.9. The molecule has 0 saturated carbocycles. The third-order valence-electron chi connectivity index (χ3n) is 3.75. The van der Waals surface area contributed by atoms with Gasteiger partial charge in [-0.25, -0.2) is 5.43 Å². The minimum absolute atomic E-state index is 0.291. The zero-order valence-corrected chi connectivity index (χ0v) is 16.0. The third kappa shape index (κ3) is 5.69. The highest BCUT2D eigenvalue weighted by Gasteiger charge is 2.03. The number of halogens is 1. The number of nitrogen functional groups attached to an aromatic ring is 1. The number of nitrogens with one attached hydrogen (secondary N) is 1. The van der Waals surface area contributed by atoms with E-state index in [1.165, 1.54) is 0 Å². The summed E-state index contributed by atoms with van der Waals surface area (Å²) < 4.78 is 6.80. The van der Waals surface area contributed by atoms with Crippen molar-refractivity contribution >= 4 is 33.7 Å². The van der Waals surface area contributed by atoms with Crippen molar-refractivity contribution in [1.29, 1.82) is 0 Å². The average molecular weight is 424 g/mol. The minimum Gasteiger partial charge on any atom is -0.489 e. The van der Waals surface area contributed by atoms with E-state index in [-0.39, 0.29) is 5.91 Å². The largest absolute Gasteiger partial charge is 0.489 e. The molecule has 0 aromatic heterocycles. The number of carbonyl (C=O) groups excluding carboxylic acids is 1. The molecule has 5 nitrogen and oxygen atoms in total. The van der Waals surface area contributed by atoms with Gasteiger partial charge in [0.15, 0.2) is 0 Å². The lowest BCUT2D eigenvalue weighted by Gasteiger charge is -2.06. The van der Waals surface area contributed by atoms with E-state index in [2.05, 4.69) is 26.5 Å². The zero-order valence-electron chi connectivity index (χ0n) is 14.4. The number of ether oxygens (including phenoxy) is 1. The number of rotatable bonds is 6. The Hall–Kier alpha value is -3.12. The van der Waals surface area contributed by atoms with Crippen LogP contribution in [0.15, 0.2) is 82.4 Å². The van der Waals surface area contributed by atoms with Crippen LogP contribution < -0.4 is 15.9 Å². The number of hydrazone groups is 1. The summed E-state index contributed by atoms with van der Waals surface area (Å²) in [5, 5.41) is 3.97. The Morgan fingerprint density at radius 3 is 2.33 bits per heavy atom. The smallest absolute Gasteiger partial charge is 0.271 e. The molecule has 0 aliphatic heterocycles. The Kier molecular flexibility index (Phi) is 6.22. The SMILES string of the molecule is Nc1ccc(C(=O)N/N=C\c2ccc(OCc3ccc(Br)cc3)cc2)cc1. The van der Waals surface area contributed by atoms with E-state index in [0.717, 1.165) is 21.3 Å². The lowest BCUT2D eigenvalue weighted by atomic mass is 10.2. The monoisotopic (exact) mass is 423 g/mol. The Balaban J connectivity index is 1.50. The molecule has 3 aromatic carbocycles. The summed E-state index contributed by atoms with van der Waals surface area (Å²) in [6.07, 6.45) is 1.58. The molecule has 6 heteroatoms. The summed E-state index contributed by atoms with van der Waals surface area (Å²) in [7, 11) is 0. The maximum absolute atomic E-state index is 12.0. The van der Waals surface area contributed by atoms with Gasteiger partial charge in [0.2, 0.25) is 0 Å². The highest BCUT2D eigenvalue weighted by molar-refractivity contribution is 9.10. The molecule has 0 heterocycles. The summed E-state index contributed by atoms with van der Waals surface area (Å²) in [6, 6.07) is 22.1. The van der Waals surface area contributed by atoms with Gasteiger partial charge in [-0.15, -0.1) is 0 Å². The number of amides is 1. The fourth-order valence-electron chi connectivity index (χ4n) is 2.26. The normalized spacial score (nSPS) is 10.7. The molecule has 27 heavy (non-hydrogen) atoms. The van der Waals surface area contributed by atoms with Crippen LogP contribution in [0, 0.1) is 0 Å². The molecule has 3 N–H and O–H groups in total. The van der Waals surface area contributed by atoms with Crippen LogP contribution in [-0.2, 0) is 6.61 Å². The molecular formula is C21H18BrN3O2. The molecule has 3 aromatic rings. The van der Waals surface area contributed by atoms with Gasteiger partial charge in [0, 0.05) is 15.7 Å². The van der Waals surface area contributed by atoms with Crippen LogP contribution in [0.3, 0.4) is 0 Å². The molecule has 3 rings (SSSR count). The van der Waals surface area contributed by atoms with Crippen molar-refractivity contribution < 1.29 is 9.53 Å². The van der Waals surface area contributed by atoms with Gasteiger partial charge < -0.3 is 10.5 Å². The van der Waals surface area contributed by atoms with Crippen LogP contribution in [0.1, 0.15) is 21.5 Å². The average Bonchev–Trinajstić information content (AvgIpc) is 2.69. The summed E-state index contributed by atoms with van der Waals surface area (Å²) in [4.78, 5) is 12.0. The molecular weight excluding hydrogens is 406 g/mol. The summed E-state index contributed by atoms with van der Waals surface area (Å²) in [5.74, 6) is 0.474. The second-order valence-corrected chi connectivity index (χ2v) is 6.72. The second kappa shape index (κ2) is 9.00. The number of anilines is 1. The molecule has 0 saturated heterocycles. The Morgan fingerprint density at radius 2 is 1.67 bits per heavy atom. The van der Waals surface area contributed by atoms with Gasteiger partial charge in [0.25, 0.3) is 5.91 Å². The van der Waals surface area contributed by atoms with Gasteiger partial charge in [-0.2, -0.15) is 5.10 Å². The topological polar surface area (TPSA) is 76.7 Å². The Morgan fingerprint density at radius 1 is 1.00 bits per heavy atom. The Labute approximate surface area is 166 Å². The van der Waals surface area contributed by atoms with Crippen molar-refractivity contribution in [1.82, 2.24) is 5.43 Å². The van der Waals surface area contributed by atoms with Crippen molar-refractivity contribution in [3.63, 3.8) is 0 Å². The molecule has 0 radical (unpaired) electrons. The first kappa shape index (κ1) is 18.7. The predicted molar refractivity (Wildman–Crippen MR) is 111 cm³/mol. The quantitative estimate of drug-likeness (QED) is 0.351. The first-order valence-electron chi connectivity index (χ1n) is 8.26. The summed E-state index contributed by atoms with van der Waals surface area (Å²) in [6.45, 7) is 0.498. The van der Waals surface area contributed by atoms with Crippen LogP contribution in [0.4, 0.5) is 5.69 Å². The Bertz CT molecular complexity index is 921. The van der Waals surface area contributed by atoms with E-state index < -0.39 is 0 Å². The summed E-state index contributed by atoms with van der Waals surface area (Å²) >= 11 is 3.41.